The van der Waals surface area contributed by atoms with Crippen molar-refractivity contribution in [3.63, 3.8) is 0 Å². The summed E-state index contributed by atoms with van der Waals surface area (Å²) in [4.78, 5) is 26.6. The third-order valence-electron chi connectivity index (χ3n) is 4.63. The Hall–Kier alpha value is -1.75. The lowest BCUT2D eigenvalue weighted by atomic mass is 9.96. The number of aryl methyl sites for hydroxylation is 1. The topological polar surface area (TPSA) is 110 Å². The summed E-state index contributed by atoms with van der Waals surface area (Å²) in [5.74, 6) is -1.05. The molecule has 2 atom stereocenters. The van der Waals surface area contributed by atoms with Crippen LogP contribution in [-0.2, 0) is 30.3 Å². The van der Waals surface area contributed by atoms with Gasteiger partial charge in [0, 0.05) is 12.8 Å². The van der Waals surface area contributed by atoms with E-state index < -0.39 is 51.7 Å². The van der Waals surface area contributed by atoms with Gasteiger partial charge in [-0.3, -0.25) is 13.9 Å². The van der Waals surface area contributed by atoms with Crippen LogP contribution in [0, 0.1) is 5.82 Å². The summed E-state index contributed by atoms with van der Waals surface area (Å²) >= 11 is 5.77. The van der Waals surface area contributed by atoms with E-state index in [4.69, 9.17) is 20.5 Å². The lowest BCUT2D eigenvalue weighted by Crippen LogP contribution is -2.44. The third kappa shape index (κ3) is 7.41. The lowest BCUT2D eigenvalue weighted by molar-refractivity contribution is -0.123. The number of benzene rings is 1. The highest BCUT2D eigenvalue weighted by Crippen LogP contribution is 2.31. The molecule has 2 rings (SSSR count). The minimum Gasteiger partial charge on any atom is -0.444 e. The fourth-order valence-electron chi connectivity index (χ4n) is 3.25. The third-order valence-corrected chi connectivity index (χ3v) is 5.47. The van der Waals surface area contributed by atoms with Crippen LogP contribution in [-0.4, -0.2) is 67.0 Å². The second kappa shape index (κ2) is 9.40. The Labute approximate surface area is 186 Å². The van der Waals surface area contributed by atoms with Gasteiger partial charge in [0.1, 0.15) is 17.0 Å². The van der Waals surface area contributed by atoms with E-state index in [9.17, 15) is 27.5 Å². The van der Waals surface area contributed by atoms with Gasteiger partial charge in [0.25, 0.3) is 10.1 Å². The number of carbonyl (C=O) groups excluding carboxylic acids is 2. The second-order valence-corrected chi connectivity index (χ2v) is 10.7. The van der Waals surface area contributed by atoms with E-state index in [1.165, 1.54) is 12.1 Å². The number of hydrogen-bond acceptors (Lipinski definition) is 7. The van der Waals surface area contributed by atoms with Crippen molar-refractivity contribution in [2.45, 2.75) is 57.3 Å². The van der Waals surface area contributed by atoms with Gasteiger partial charge in [0.05, 0.1) is 30.5 Å². The number of Topliss-reactive ketones (excluding diaryl/α,β-unsaturated/α-hetero) is 1. The van der Waals surface area contributed by atoms with E-state index in [1.54, 1.807) is 26.8 Å². The monoisotopic (exact) mass is 479 g/mol. The molecule has 1 aromatic carbocycles. The predicted molar refractivity (Wildman–Crippen MR) is 112 cm³/mol. The molecule has 1 aromatic rings. The number of rotatable bonds is 7. The van der Waals surface area contributed by atoms with Crippen LogP contribution < -0.4 is 0 Å². The molecular weight excluding hydrogens is 453 g/mol. The van der Waals surface area contributed by atoms with Gasteiger partial charge < -0.3 is 9.84 Å². The molecule has 0 aromatic heterocycles. The molecule has 8 nitrogen and oxygen atoms in total. The number of hydrogen-bond donors (Lipinski definition) is 1. The molecular formula is C20H27ClFNO7S. The van der Waals surface area contributed by atoms with Gasteiger partial charge >= 0.3 is 6.09 Å². The van der Waals surface area contributed by atoms with Crippen LogP contribution in [0.3, 0.4) is 0 Å². The van der Waals surface area contributed by atoms with Crippen LogP contribution in [0.2, 0.25) is 5.02 Å². The zero-order chi connectivity index (χ0) is 23.6. The van der Waals surface area contributed by atoms with Crippen LogP contribution >= 0.6 is 11.6 Å². The number of halogens is 2. The van der Waals surface area contributed by atoms with Gasteiger partial charge in [-0.15, -0.1) is 0 Å². The zero-order valence-electron chi connectivity index (χ0n) is 17.9. The van der Waals surface area contributed by atoms with Gasteiger partial charge in [-0.05, 0) is 38.8 Å². The number of likely N-dealkylation sites (tertiary alicyclic amines) is 1. The fourth-order valence-corrected chi connectivity index (χ4v) is 3.88. The molecule has 174 valence electrons. The van der Waals surface area contributed by atoms with Crippen molar-refractivity contribution in [3.05, 3.63) is 34.6 Å². The largest absolute Gasteiger partial charge is 0.444 e. The fraction of sp³-hybridized carbons (Fsp3) is 0.600. The van der Waals surface area contributed by atoms with Gasteiger partial charge in [0.15, 0.2) is 5.78 Å². The number of nitrogens with zero attached hydrogens (tertiary/aromatic N) is 1. The molecule has 0 radical (unpaired) electrons. The Kier molecular flexibility index (Phi) is 7.73. The number of aliphatic hydroxyl groups is 1. The van der Waals surface area contributed by atoms with Crippen molar-refractivity contribution in [1.29, 1.82) is 0 Å². The van der Waals surface area contributed by atoms with Gasteiger partial charge in [-0.25, -0.2) is 9.18 Å². The van der Waals surface area contributed by atoms with Crippen molar-refractivity contribution >= 4 is 33.6 Å². The van der Waals surface area contributed by atoms with Crippen LogP contribution in [0.4, 0.5) is 9.18 Å². The number of β-amino-alcohol motifs (C(OH)–C–C–N with tert-alkyl or cyclic N) is 1. The highest BCUT2D eigenvalue weighted by molar-refractivity contribution is 7.85. The predicted octanol–water partition coefficient (Wildman–Crippen LogP) is 2.70. The van der Waals surface area contributed by atoms with Crippen molar-refractivity contribution in [2.75, 3.05) is 19.4 Å². The molecule has 11 heteroatoms. The molecule has 31 heavy (non-hydrogen) atoms. The Morgan fingerprint density at radius 3 is 2.58 bits per heavy atom. The summed E-state index contributed by atoms with van der Waals surface area (Å²) in [6, 6.07) is 3.39. The van der Waals surface area contributed by atoms with Crippen LogP contribution in [0.1, 0.15) is 39.2 Å². The smallest absolute Gasteiger partial charge is 0.411 e. The maximum absolute atomic E-state index is 14.1. The van der Waals surface area contributed by atoms with Crippen molar-refractivity contribution < 1.29 is 36.4 Å². The summed E-state index contributed by atoms with van der Waals surface area (Å²) in [6.07, 6.45) is -0.306. The molecule has 0 unspecified atom stereocenters. The Morgan fingerprint density at radius 1 is 1.35 bits per heavy atom. The maximum Gasteiger partial charge on any atom is 0.411 e. The van der Waals surface area contributed by atoms with Gasteiger partial charge in [-0.2, -0.15) is 8.42 Å². The number of carbonyl (C=O) groups is 2. The van der Waals surface area contributed by atoms with E-state index in [2.05, 4.69) is 0 Å². The molecule has 1 aliphatic rings. The molecule has 1 heterocycles. The highest BCUT2D eigenvalue weighted by atomic mass is 35.5. The average Bonchev–Trinajstić information content (AvgIpc) is 2.98. The van der Waals surface area contributed by atoms with E-state index in [0.717, 1.165) is 11.2 Å². The number of ketones is 1. The van der Waals surface area contributed by atoms with Crippen molar-refractivity contribution in [2.24, 2.45) is 0 Å². The minimum absolute atomic E-state index is 0.0438. The average molecular weight is 480 g/mol. The van der Waals surface area contributed by atoms with E-state index in [0.29, 0.717) is 0 Å². The molecule has 0 saturated carbocycles. The molecule has 1 fully saturated rings. The summed E-state index contributed by atoms with van der Waals surface area (Å²) < 4.78 is 46.8. The standard InChI is InChI=1S/C20H27ClFNO7S/c1-19(2,3)30-18(25)23-11-20(26,12-29-31(4,27)28)10-15(23)16(24)9-8-13-6-5-7-14(21)17(13)22/h5-7,15,26H,8-12H2,1-4H3/t15-,20-/m0/s1. The molecule has 0 bridgehead atoms. The van der Waals surface area contributed by atoms with Crippen molar-refractivity contribution in [3.8, 4) is 0 Å². The summed E-state index contributed by atoms with van der Waals surface area (Å²) in [5, 5.41) is 10.7. The van der Waals surface area contributed by atoms with E-state index >= 15 is 0 Å². The lowest BCUT2D eigenvalue weighted by Gasteiger charge is -2.28. The van der Waals surface area contributed by atoms with Gasteiger partial charge in [0.2, 0.25) is 0 Å². The first-order valence-electron chi connectivity index (χ1n) is 9.62. The molecule has 0 spiro atoms. The molecule has 1 aliphatic heterocycles. The quantitative estimate of drug-likeness (QED) is 0.598. The summed E-state index contributed by atoms with van der Waals surface area (Å²) in [6.45, 7) is 3.99. The molecule has 1 amide bonds. The molecule has 1 N–H and O–H groups in total. The first-order valence-corrected chi connectivity index (χ1v) is 11.8. The minimum atomic E-state index is -3.84. The van der Waals surface area contributed by atoms with Gasteiger partial charge in [-0.1, -0.05) is 23.7 Å². The van der Waals surface area contributed by atoms with Crippen LogP contribution in [0.25, 0.3) is 0 Å². The Morgan fingerprint density at radius 2 is 2.00 bits per heavy atom. The maximum atomic E-state index is 14.1. The number of ether oxygens (including phenoxy) is 1. The van der Waals surface area contributed by atoms with Crippen LogP contribution in [0.15, 0.2) is 18.2 Å². The highest BCUT2D eigenvalue weighted by Gasteiger charge is 2.49. The summed E-state index contributed by atoms with van der Waals surface area (Å²) in [5.41, 5.74) is -2.36. The first-order chi connectivity index (χ1) is 14.1. The first kappa shape index (κ1) is 25.5. The number of amides is 1. The SMILES string of the molecule is CC(C)(C)OC(=O)N1C[C@](O)(COS(C)(=O)=O)C[C@H]1C(=O)CCc1cccc(Cl)c1F. The second-order valence-electron chi connectivity index (χ2n) is 8.70. The molecule has 0 aliphatic carbocycles. The van der Waals surface area contributed by atoms with Crippen molar-refractivity contribution in [1.82, 2.24) is 4.90 Å². The Bertz CT molecular complexity index is 947. The normalized spacial score (nSPS) is 21.9. The van der Waals surface area contributed by atoms with E-state index in [-0.39, 0.29) is 36.4 Å². The van der Waals surface area contributed by atoms with Crippen LogP contribution in [0.5, 0.6) is 0 Å². The molecule has 1 saturated heterocycles. The Balaban J connectivity index is 2.19. The van der Waals surface area contributed by atoms with E-state index in [1.807, 2.05) is 0 Å². The zero-order valence-corrected chi connectivity index (χ0v) is 19.4. The summed E-state index contributed by atoms with van der Waals surface area (Å²) in [7, 11) is -3.84.